The number of nitrogens with one attached hydrogen (secondary N) is 2. The van der Waals surface area contributed by atoms with Crippen LogP contribution in [0.25, 0.3) is 6.08 Å². The Labute approximate surface area is 180 Å². The Bertz CT molecular complexity index is 1030. The second kappa shape index (κ2) is 8.27. The van der Waals surface area contributed by atoms with E-state index in [1.165, 1.54) is 24.3 Å². The van der Waals surface area contributed by atoms with E-state index >= 15 is 0 Å². The Morgan fingerprint density at radius 1 is 1.32 bits per heavy atom. The van der Waals surface area contributed by atoms with E-state index in [0.29, 0.717) is 18.5 Å². The normalized spacial score (nSPS) is 15.1. The predicted molar refractivity (Wildman–Crippen MR) is 112 cm³/mol. The van der Waals surface area contributed by atoms with Crippen LogP contribution < -0.4 is 10.6 Å². The zero-order chi connectivity index (χ0) is 20.4. The first-order valence-electron chi connectivity index (χ1n) is 7.83. The van der Waals surface area contributed by atoms with Gasteiger partial charge in [0.15, 0.2) is 0 Å². The number of urea groups is 1. The van der Waals surface area contributed by atoms with Gasteiger partial charge in [0, 0.05) is 10.0 Å². The van der Waals surface area contributed by atoms with Crippen LogP contribution in [0.3, 0.4) is 0 Å². The zero-order valence-electron chi connectivity index (χ0n) is 14.0. The monoisotopic (exact) mass is 559 g/mol. The average molecular weight is 560 g/mol. The van der Waals surface area contributed by atoms with E-state index in [2.05, 4.69) is 26.6 Å². The summed E-state index contributed by atoms with van der Waals surface area (Å²) >= 11 is 5.22. The number of aromatic hydroxyl groups is 1. The molecule has 1 heterocycles. The van der Waals surface area contributed by atoms with Crippen LogP contribution in [0, 0.1) is 9.39 Å². The highest BCUT2D eigenvalue weighted by atomic mass is 127. The number of phenols is 1. The molecule has 0 bridgehead atoms. The van der Waals surface area contributed by atoms with E-state index in [0.717, 1.165) is 0 Å². The van der Waals surface area contributed by atoms with Gasteiger partial charge in [0.1, 0.15) is 23.8 Å². The summed E-state index contributed by atoms with van der Waals surface area (Å²) in [6, 6.07) is 8.03. The second-order valence-electron chi connectivity index (χ2n) is 5.73. The number of rotatable bonds is 4. The standard InChI is InChI=1S/C18H12BrFIN3O4/c19-10-5-9(16(26)12(21)7-10)6-14-17(27)24(18(28)23-14)8-15(25)22-13-4-2-1-3-11(13)20/h1-7,26H,8H2,(H,22,25)(H,23,28)/b14-6-. The van der Waals surface area contributed by atoms with E-state index in [-0.39, 0.29) is 17.1 Å². The van der Waals surface area contributed by atoms with Crippen LogP contribution in [0.5, 0.6) is 5.75 Å². The third-order valence-corrected chi connectivity index (χ3v) is 5.05. The molecule has 1 aliphatic heterocycles. The number of imide groups is 1. The number of carbonyl (C=O) groups is 3. The smallest absolute Gasteiger partial charge is 0.329 e. The Kier molecular flexibility index (Phi) is 5.98. The number of halogens is 3. The van der Waals surface area contributed by atoms with Crippen LogP contribution in [0.15, 0.2) is 46.6 Å². The Hall–Kier alpha value is -2.47. The molecule has 2 aromatic rings. The average Bonchev–Trinajstić information content (AvgIpc) is 2.88. The highest BCUT2D eigenvalue weighted by Gasteiger charge is 2.35. The van der Waals surface area contributed by atoms with Gasteiger partial charge in [-0.3, -0.25) is 9.59 Å². The van der Waals surface area contributed by atoms with Gasteiger partial charge >= 0.3 is 6.03 Å². The third kappa shape index (κ3) is 4.33. The van der Waals surface area contributed by atoms with Gasteiger partial charge in [-0.1, -0.05) is 28.1 Å². The largest absolute Gasteiger partial charge is 0.506 e. The minimum atomic E-state index is -0.788. The molecule has 1 aliphatic rings. The van der Waals surface area contributed by atoms with E-state index < -0.39 is 30.2 Å². The maximum Gasteiger partial charge on any atom is 0.329 e. The lowest BCUT2D eigenvalue weighted by Gasteiger charge is -2.12. The molecule has 3 N–H and O–H groups in total. The van der Waals surface area contributed by atoms with Gasteiger partial charge in [-0.05, 0) is 52.9 Å². The van der Waals surface area contributed by atoms with Crippen LogP contribution in [0.4, 0.5) is 14.9 Å². The SMILES string of the molecule is O=C(CN1C(=O)N/C(=C\c2cc(Br)cc(I)c2O)C1=O)Nc1ccccc1F. The van der Waals surface area contributed by atoms with Crippen molar-refractivity contribution in [1.82, 2.24) is 10.2 Å². The molecule has 0 atom stereocenters. The number of amides is 4. The summed E-state index contributed by atoms with van der Waals surface area (Å²) in [6.45, 7) is -0.585. The van der Waals surface area contributed by atoms with Crippen molar-refractivity contribution in [2.75, 3.05) is 11.9 Å². The minimum Gasteiger partial charge on any atom is -0.506 e. The molecular formula is C18H12BrFIN3O4. The van der Waals surface area contributed by atoms with E-state index in [1.807, 2.05) is 22.6 Å². The Balaban J connectivity index is 1.77. The van der Waals surface area contributed by atoms with Crippen molar-refractivity contribution in [2.24, 2.45) is 0 Å². The van der Waals surface area contributed by atoms with E-state index in [9.17, 15) is 23.9 Å². The molecule has 7 nitrogen and oxygen atoms in total. The molecule has 0 spiro atoms. The molecule has 1 saturated heterocycles. The Morgan fingerprint density at radius 2 is 2.04 bits per heavy atom. The molecule has 1 fully saturated rings. The number of hydrogen-bond acceptors (Lipinski definition) is 4. The number of para-hydroxylation sites is 1. The molecule has 0 radical (unpaired) electrons. The van der Waals surface area contributed by atoms with Crippen molar-refractivity contribution in [3.63, 3.8) is 0 Å². The highest BCUT2D eigenvalue weighted by Crippen LogP contribution is 2.30. The first kappa shape index (κ1) is 20.3. The van der Waals surface area contributed by atoms with Crippen molar-refractivity contribution in [3.05, 3.63) is 61.5 Å². The quantitative estimate of drug-likeness (QED) is 0.304. The number of benzene rings is 2. The topological polar surface area (TPSA) is 98.7 Å². The van der Waals surface area contributed by atoms with Crippen LogP contribution in [0.1, 0.15) is 5.56 Å². The summed E-state index contributed by atoms with van der Waals surface area (Å²) < 4.78 is 14.8. The lowest BCUT2D eigenvalue weighted by atomic mass is 10.1. The second-order valence-corrected chi connectivity index (χ2v) is 7.81. The highest BCUT2D eigenvalue weighted by molar-refractivity contribution is 14.1. The molecule has 0 aromatic heterocycles. The third-order valence-electron chi connectivity index (χ3n) is 3.77. The molecular weight excluding hydrogens is 548 g/mol. The van der Waals surface area contributed by atoms with E-state index in [1.54, 1.807) is 18.2 Å². The van der Waals surface area contributed by atoms with Gasteiger partial charge in [-0.2, -0.15) is 0 Å². The summed E-state index contributed by atoms with van der Waals surface area (Å²) in [5.41, 5.74) is 0.178. The maximum atomic E-state index is 13.6. The van der Waals surface area contributed by atoms with Gasteiger partial charge < -0.3 is 15.7 Å². The number of carbonyl (C=O) groups excluding carboxylic acids is 3. The van der Waals surface area contributed by atoms with Crippen LogP contribution in [0.2, 0.25) is 0 Å². The summed E-state index contributed by atoms with van der Waals surface area (Å²) in [7, 11) is 0. The molecule has 0 unspecified atom stereocenters. The number of anilines is 1. The molecule has 0 saturated carbocycles. The summed E-state index contributed by atoms with van der Waals surface area (Å²) in [6.07, 6.45) is 1.32. The molecule has 0 aliphatic carbocycles. The van der Waals surface area contributed by atoms with Crippen molar-refractivity contribution >= 4 is 68.1 Å². The van der Waals surface area contributed by atoms with Gasteiger partial charge in [0.05, 0.1) is 9.26 Å². The Morgan fingerprint density at radius 3 is 2.75 bits per heavy atom. The van der Waals surface area contributed by atoms with Gasteiger partial charge in [-0.15, -0.1) is 0 Å². The van der Waals surface area contributed by atoms with Gasteiger partial charge in [0.2, 0.25) is 5.91 Å². The number of hydrogen-bond donors (Lipinski definition) is 3. The lowest BCUT2D eigenvalue weighted by Crippen LogP contribution is -2.38. The molecule has 2 aromatic carbocycles. The number of nitrogens with zero attached hydrogens (tertiary/aromatic N) is 1. The summed E-state index contributed by atoms with van der Waals surface area (Å²) in [5, 5.41) is 14.8. The lowest BCUT2D eigenvalue weighted by molar-refractivity contribution is -0.127. The molecule has 3 rings (SSSR count). The van der Waals surface area contributed by atoms with Gasteiger partial charge in [-0.25, -0.2) is 14.1 Å². The zero-order valence-corrected chi connectivity index (χ0v) is 17.7. The minimum absolute atomic E-state index is 0.0471. The number of phenolic OH excluding ortho intramolecular Hbond substituents is 1. The first-order valence-corrected chi connectivity index (χ1v) is 9.70. The fraction of sp³-hybridized carbons (Fsp3) is 0.0556. The van der Waals surface area contributed by atoms with Gasteiger partial charge in [0.25, 0.3) is 5.91 Å². The van der Waals surface area contributed by atoms with Crippen molar-refractivity contribution in [2.45, 2.75) is 0 Å². The van der Waals surface area contributed by atoms with Crippen LogP contribution in [-0.4, -0.2) is 34.4 Å². The van der Waals surface area contributed by atoms with Crippen molar-refractivity contribution < 1.29 is 23.9 Å². The molecule has 28 heavy (non-hydrogen) atoms. The predicted octanol–water partition coefficient (Wildman–Crippen LogP) is 3.43. The summed E-state index contributed by atoms with van der Waals surface area (Å²) in [5.74, 6) is -2.14. The van der Waals surface area contributed by atoms with Crippen LogP contribution in [-0.2, 0) is 9.59 Å². The first-order chi connectivity index (χ1) is 13.3. The molecule has 10 heteroatoms. The fourth-order valence-corrected chi connectivity index (χ4v) is 4.01. The van der Waals surface area contributed by atoms with Crippen LogP contribution >= 0.6 is 38.5 Å². The molecule has 4 amide bonds. The summed E-state index contributed by atoms with van der Waals surface area (Å²) in [4.78, 5) is 37.4. The van der Waals surface area contributed by atoms with Crippen molar-refractivity contribution in [3.8, 4) is 5.75 Å². The molecule has 144 valence electrons. The maximum absolute atomic E-state index is 13.6. The fourth-order valence-electron chi connectivity index (χ4n) is 2.46. The van der Waals surface area contributed by atoms with E-state index in [4.69, 9.17) is 0 Å². The van der Waals surface area contributed by atoms with Crippen molar-refractivity contribution in [1.29, 1.82) is 0 Å².